The van der Waals surface area contributed by atoms with E-state index < -0.39 is 0 Å². The van der Waals surface area contributed by atoms with E-state index >= 15 is 0 Å². The van der Waals surface area contributed by atoms with Gasteiger partial charge in [0.05, 0.1) is 13.2 Å². The Hall–Kier alpha value is -0.340. The van der Waals surface area contributed by atoms with E-state index in [0.717, 1.165) is 18.4 Å². The highest BCUT2D eigenvalue weighted by Crippen LogP contribution is 2.64. The predicted molar refractivity (Wildman–Crippen MR) is 63.1 cm³/mol. The fourth-order valence-corrected chi connectivity index (χ4v) is 4.40. The Labute approximate surface area is 97.7 Å². The lowest BCUT2D eigenvalue weighted by Crippen LogP contribution is -2.22. The molecule has 3 unspecified atom stereocenters. The number of ether oxygens (including phenoxy) is 1. The number of allylic oxidation sites excluding steroid dienone is 2. The van der Waals surface area contributed by atoms with Crippen LogP contribution in [0.2, 0.25) is 0 Å². The smallest absolute Gasteiger partial charge is 0.0697 e. The molecule has 3 rings (SSSR count). The molecule has 0 spiro atoms. The van der Waals surface area contributed by atoms with Gasteiger partial charge in [-0.05, 0) is 55.8 Å². The minimum Gasteiger partial charge on any atom is -0.394 e. The SMILES string of the molecule is OCCOCCC12CCC(C1)C1CCC=C12. The van der Waals surface area contributed by atoms with E-state index in [4.69, 9.17) is 9.84 Å². The van der Waals surface area contributed by atoms with Crippen molar-refractivity contribution >= 4 is 0 Å². The minimum atomic E-state index is 0.154. The summed E-state index contributed by atoms with van der Waals surface area (Å²) in [4.78, 5) is 0. The van der Waals surface area contributed by atoms with Crippen LogP contribution in [0.4, 0.5) is 0 Å². The lowest BCUT2D eigenvalue weighted by atomic mass is 9.75. The summed E-state index contributed by atoms with van der Waals surface area (Å²) in [6.07, 6.45) is 10.7. The Bertz CT molecular complexity index is 297. The monoisotopic (exact) mass is 222 g/mol. The Morgan fingerprint density at radius 3 is 3.19 bits per heavy atom. The van der Waals surface area contributed by atoms with Crippen LogP contribution < -0.4 is 0 Å². The number of aliphatic hydroxyl groups excluding tert-OH is 1. The van der Waals surface area contributed by atoms with Gasteiger partial charge < -0.3 is 9.84 Å². The van der Waals surface area contributed by atoms with Gasteiger partial charge in [0.1, 0.15) is 0 Å². The van der Waals surface area contributed by atoms with Crippen LogP contribution in [0, 0.1) is 17.3 Å². The zero-order valence-electron chi connectivity index (χ0n) is 9.95. The highest BCUT2D eigenvalue weighted by molar-refractivity contribution is 5.31. The molecule has 2 fully saturated rings. The molecule has 3 atom stereocenters. The zero-order valence-corrected chi connectivity index (χ0v) is 9.95. The molecule has 0 saturated heterocycles. The molecule has 1 N–H and O–H groups in total. The lowest BCUT2D eigenvalue weighted by molar-refractivity contribution is 0.0741. The van der Waals surface area contributed by atoms with Crippen molar-refractivity contribution in [2.24, 2.45) is 17.3 Å². The Balaban J connectivity index is 1.64. The normalized spacial score (nSPS) is 40.2. The van der Waals surface area contributed by atoms with Crippen molar-refractivity contribution in [3.8, 4) is 0 Å². The van der Waals surface area contributed by atoms with Crippen LogP contribution in [-0.2, 0) is 4.74 Å². The average molecular weight is 222 g/mol. The van der Waals surface area contributed by atoms with Gasteiger partial charge in [0.15, 0.2) is 0 Å². The first-order valence-electron chi connectivity index (χ1n) is 6.75. The number of fused-ring (bicyclic) bond motifs is 5. The third-order valence-corrected chi connectivity index (χ3v) is 5.03. The molecule has 0 radical (unpaired) electrons. The molecule has 3 aliphatic carbocycles. The van der Waals surface area contributed by atoms with E-state index in [9.17, 15) is 0 Å². The van der Waals surface area contributed by atoms with Gasteiger partial charge in [-0.25, -0.2) is 0 Å². The second-order valence-electron chi connectivity index (χ2n) is 5.71. The van der Waals surface area contributed by atoms with Crippen molar-refractivity contribution in [1.29, 1.82) is 0 Å². The van der Waals surface area contributed by atoms with Crippen LogP contribution in [0.5, 0.6) is 0 Å². The predicted octanol–water partition coefficient (Wildman–Crippen LogP) is 2.52. The van der Waals surface area contributed by atoms with Crippen LogP contribution in [0.25, 0.3) is 0 Å². The second kappa shape index (κ2) is 4.15. The van der Waals surface area contributed by atoms with Crippen LogP contribution in [0.1, 0.15) is 38.5 Å². The highest BCUT2D eigenvalue weighted by atomic mass is 16.5. The van der Waals surface area contributed by atoms with E-state index in [1.165, 1.54) is 38.5 Å². The van der Waals surface area contributed by atoms with Crippen molar-refractivity contribution < 1.29 is 9.84 Å². The van der Waals surface area contributed by atoms with Gasteiger partial charge in [0.2, 0.25) is 0 Å². The Kier molecular flexibility index (Phi) is 2.80. The summed E-state index contributed by atoms with van der Waals surface area (Å²) >= 11 is 0. The number of hydrogen-bond donors (Lipinski definition) is 1. The first-order chi connectivity index (χ1) is 7.86. The maximum atomic E-state index is 8.70. The van der Waals surface area contributed by atoms with Crippen molar-refractivity contribution in [2.45, 2.75) is 38.5 Å². The first kappa shape index (κ1) is 10.8. The van der Waals surface area contributed by atoms with Crippen LogP contribution in [-0.4, -0.2) is 24.9 Å². The fraction of sp³-hybridized carbons (Fsp3) is 0.857. The molecule has 0 heterocycles. The molecular formula is C14H22O2. The third-order valence-electron chi connectivity index (χ3n) is 5.03. The Morgan fingerprint density at radius 2 is 2.31 bits per heavy atom. The number of rotatable bonds is 5. The van der Waals surface area contributed by atoms with Crippen molar-refractivity contribution in [2.75, 3.05) is 19.8 Å². The lowest BCUT2D eigenvalue weighted by Gasteiger charge is -2.31. The van der Waals surface area contributed by atoms with Gasteiger partial charge in [0.25, 0.3) is 0 Å². The van der Waals surface area contributed by atoms with Crippen molar-refractivity contribution in [3.63, 3.8) is 0 Å². The largest absolute Gasteiger partial charge is 0.394 e. The summed E-state index contributed by atoms with van der Waals surface area (Å²) in [5, 5.41) is 8.70. The van der Waals surface area contributed by atoms with Gasteiger partial charge in [-0.15, -0.1) is 0 Å². The van der Waals surface area contributed by atoms with Crippen LogP contribution in [0.3, 0.4) is 0 Å². The van der Waals surface area contributed by atoms with Crippen LogP contribution >= 0.6 is 0 Å². The molecule has 0 aliphatic heterocycles. The average Bonchev–Trinajstić information content (AvgIpc) is 2.95. The quantitative estimate of drug-likeness (QED) is 0.572. The number of hydrogen-bond acceptors (Lipinski definition) is 2. The molecule has 3 aliphatic rings. The highest BCUT2D eigenvalue weighted by Gasteiger charge is 2.54. The molecule has 90 valence electrons. The molecule has 2 bridgehead atoms. The minimum absolute atomic E-state index is 0.154. The summed E-state index contributed by atoms with van der Waals surface area (Å²) in [6.45, 7) is 1.49. The fourth-order valence-electron chi connectivity index (χ4n) is 4.40. The summed E-state index contributed by atoms with van der Waals surface area (Å²) in [6, 6.07) is 0. The second-order valence-corrected chi connectivity index (χ2v) is 5.71. The topological polar surface area (TPSA) is 29.5 Å². The Morgan fingerprint density at radius 1 is 1.38 bits per heavy atom. The maximum absolute atomic E-state index is 8.70. The summed E-state index contributed by atoms with van der Waals surface area (Å²) in [7, 11) is 0. The van der Waals surface area contributed by atoms with Crippen molar-refractivity contribution in [1.82, 2.24) is 0 Å². The third kappa shape index (κ3) is 1.54. The molecular weight excluding hydrogens is 200 g/mol. The summed E-state index contributed by atoms with van der Waals surface area (Å²) in [5.41, 5.74) is 2.30. The summed E-state index contributed by atoms with van der Waals surface area (Å²) in [5.74, 6) is 1.93. The number of aliphatic hydroxyl groups is 1. The molecule has 2 saturated carbocycles. The standard InChI is InChI=1S/C14H22O2/c15-7-9-16-8-6-14-5-4-11(10-14)12-2-1-3-13(12)14/h3,11-12,15H,1-2,4-10H2. The van der Waals surface area contributed by atoms with E-state index in [0.29, 0.717) is 12.0 Å². The molecule has 0 aromatic rings. The molecule has 0 aromatic heterocycles. The molecule has 2 nitrogen and oxygen atoms in total. The van der Waals surface area contributed by atoms with Crippen LogP contribution in [0.15, 0.2) is 11.6 Å². The van der Waals surface area contributed by atoms with E-state index in [-0.39, 0.29) is 6.61 Å². The molecule has 0 aromatic carbocycles. The van der Waals surface area contributed by atoms with Gasteiger partial charge in [-0.2, -0.15) is 0 Å². The molecule has 2 heteroatoms. The van der Waals surface area contributed by atoms with E-state index in [1.54, 1.807) is 5.57 Å². The maximum Gasteiger partial charge on any atom is 0.0697 e. The first-order valence-corrected chi connectivity index (χ1v) is 6.75. The van der Waals surface area contributed by atoms with E-state index in [2.05, 4.69) is 6.08 Å². The van der Waals surface area contributed by atoms with Gasteiger partial charge >= 0.3 is 0 Å². The molecule has 16 heavy (non-hydrogen) atoms. The zero-order chi connectivity index (χ0) is 11.0. The van der Waals surface area contributed by atoms with Gasteiger partial charge in [0, 0.05) is 6.61 Å². The van der Waals surface area contributed by atoms with E-state index in [1.807, 2.05) is 0 Å². The van der Waals surface area contributed by atoms with Gasteiger partial charge in [-0.1, -0.05) is 11.6 Å². The summed E-state index contributed by atoms with van der Waals surface area (Å²) < 4.78 is 5.46. The molecule has 0 amide bonds. The van der Waals surface area contributed by atoms with Crippen molar-refractivity contribution in [3.05, 3.63) is 11.6 Å². The van der Waals surface area contributed by atoms with Gasteiger partial charge in [-0.3, -0.25) is 0 Å².